The number of carbonyl (C=O) groups is 1. The third-order valence-electron chi connectivity index (χ3n) is 3.45. The molecule has 98 valence electrons. The van der Waals surface area contributed by atoms with Gasteiger partial charge < -0.3 is 10.0 Å². The van der Waals surface area contributed by atoms with Crippen molar-refractivity contribution in [1.82, 2.24) is 9.80 Å². The van der Waals surface area contributed by atoms with Crippen molar-refractivity contribution < 1.29 is 9.90 Å². The highest BCUT2D eigenvalue weighted by Gasteiger charge is 2.19. The van der Waals surface area contributed by atoms with Gasteiger partial charge in [0.15, 0.2) is 0 Å². The van der Waals surface area contributed by atoms with Crippen LogP contribution in [0.25, 0.3) is 0 Å². The van der Waals surface area contributed by atoms with E-state index in [1.807, 2.05) is 4.90 Å². The second-order valence-corrected chi connectivity index (χ2v) is 4.84. The SMILES string of the molecule is C=CCN(CCC1CCCCN1C)CC(=O)O. The van der Waals surface area contributed by atoms with Crippen molar-refractivity contribution in [3.63, 3.8) is 0 Å². The Hall–Kier alpha value is -0.870. The molecule has 0 aliphatic carbocycles. The van der Waals surface area contributed by atoms with Crippen molar-refractivity contribution in [1.29, 1.82) is 0 Å². The summed E-state index contributed by atoms with van der Waals surface area (Å²) in [5.41, 5.74) is 0. The van der Waals surface area contributed by atoms with Crippen LogP contribution in [0.4, 0.5) is 0 Å². The summed E-state index contributed by atoms with van der Waals surface area (Å²) in [6.07, 6.45) is 6.66. The van der Waals surface area contributed by atoms with Crippen LogP contribution in [-0.4, -0.2) is 60.1 Å². The quantitative estimate of drug-likeness (QED) is 0.684. The summed E-state index contributed by atoms with van der Waals surface area (Å²) in [7, 11) is 2.17. The van der Waals surface area contributed by atoms with Crippen LogP contribution in [0.3, 0.4) is 0 Å². The first-order valence-corrected chi connectivity index (χ1v) is 6.38. The highest BCUT2D eigenvalue weighted by Crippen LogP contribution is 2.17. The topological polar surface area (TPSA) is 43.8 Å². The Morgan fingerprint density at radius 1 is 1.59 bits per heavy atom. The molecule has 4 nitrogen and oxygen atoms in total. The predicted molar refractivity (Wildman–Crippen MR) is 69.2 cm³/mol. The Bertz CT molecular complexity index is 256. The maximum Gasteiger partial charge on any atom is 0.317 e. The average molecular weight is 240 g/mol. The summed E-state index contributed by atoms with van der Waals surface area (Å²) in [5, 5.41) is 8.81. The molecule has 0 aromatic carbocycles. The maximum atomic E-state index is 10.7. The number of piperidine rings is 1. The Morgan fingerprint density at radius 3 is 2.94 bits per heavy atom. The fraction of sp³-hybridized carbons (Fsp3) is 0.769. The van der Waals surface area contributed by atoms with E-state index in [0.29, 0.717) is 12.6 Å². The molecule has 4 heteroatoms. The predicted octanol–water partition coefficient (Wildman–Crippen LogP) is 1.43. The van der Waals surface area contributed by atoms with Gasteiger partial charge in [-0.1, -0.05) is 12.5 Å². The minimum absolute atomic E-state index is 0.114. The van der Waals surface area contributed by atoms with Crippen molar-refractivity contribution in [2.24, 2.45) is 0 Å². The number of hydrogen-bond donors (Lipinski definition) is 1. The molecule has 0 aromatic rings. The summed E-state index contributed by atoms with van der Waals surface area (Å²) in [5.74, 6) is -0.760. The molecule has 0 bridgehead atoms. The minimum Gasteiger partial charge on any atom is -0.480 e. The van der Waals surface area contributed by atoms with Gasteiger partial charge in [-0.2, -0.15) is 0 Å². The van der Waals surface area contributed by atoms with Gasteiger partial charge in [0.2, 0.25) is 0 Å². The van der Waals surface area contributed by atoms with E-state index < -0.39 is 5.97 Å². The molecule has 1 aliphatic rings. The molecule has 1 atom stereocenters. The molecule has 0 aromatic heterocycles. The molecule has 1 N–H and O–H groups in total. The van der Waals surface area contributed by atoms with Crippen LogP contribution >= 0.6 is 0 Å². The number of rotatable bonds is 7. The minimum atomic E-state index is -0.760. The molecule has 0 amide bonds. The summed E-state index contributed by atoms with van der Waals surface area (Å²) in [6, 6.07) is 0.616. The standard InChI is InChI=1S/C13H24N2O2/c1-3-8-15(11-13(16)17)10-7-12-6-4-5-9-14(12)2/h3,12H,1,4-11H2,2H3,(H,16,17). The summed E-state index contributed by atoms with van der Waals surface area (Å²) in [4.78, 5) is 15.1. The smallest absolute Gasteiger partial charge is 0.317 e. The molecular weight excluding hydrogens is 216 g/mol. The first-order chi connectivity index (χ1) is 8.13. The molecule has 17 heavy (non-hydrogen) atoms. The number of nitrogens with zero attached hydrogens (tertiary/aromatic N) is 2. The van der Waals surface area contributed by atoms with Gasteiger partial charge in [-0.25, -0.2) is 0 Å². The number of likely N-dealkylation sites (tertiary alicyclic amines) is 1. The third kappa shape index (κ3) is 5.33. The largest absolute Gasteiger partial charge is 0.480 e. The van der Waals surface area contributed by atoms with Crippen LogP contribution in [0.5, 0.6) is 0 Å². The Balaban J connectivity index is 2.33. The van der Waals surface area contributed by atoms with E-state index in [9.17, 15) is 4.79 Å². The lowest BCUT2D eigenvalue weighted by Crippen LogP contribution is -2.40. The molecule has 1 rings (SSSR count). The monoisotopic (exact) mass is 240 g/mol. The first kappa shape index (κ1) is 14.2. The van der Waals surface area contributed by atoms with Crippen molar-refractivity contribution in [2.75, 3.05) is 33.2 Å². The van der Waals surface area contributed by atoms with Crippen LogP contribution in [0.1, 0.15) is 25.7 Å². The number of carboxylic acids is 1. The Kier molecular flexibility index (Phi) is 6.22. The Morgan fingerprint density at radius 2 is 2.35 bits per heavy atom. The maximum absolute atomic E-state index is 10.7. The van der Waals surface area contributed by atoms with E-state index in [-0.39, 0.29) is 6.54 Å². The van der Waals surface area contributed by atoms with E-state index >= 15 is 0 Å². The fourth-order valence-corrected chi connectivity index (χ4v) is 2.45. The normalized spacial score (nSPS) is 21.6. The Labute approximate surface area is 104 Å². The summed E-state index contributed by atoms with van der Waals surface area (Å²) in [6.45, 7) is 6.45. The summed E-state index contributed by atoms with van der Waals surface area (Å²) >= 11 is 0. The van der Waals surface area contributed by atoms with Gasteiger partial charge in [-0.05, 0) is 32.9 Å². The zero-order valence-electron chi connectivity index (χ0n) is 10.8. The average Bonchev–Trinajstić information content (AvgIpc) is 2.27. The van der Waals surface area contributed by atoms with Gasteiger partial charge in [0.25, 0.3) is 0 Å². The van der Waals surface area contributed by atoms with E-state index in [1.165, 1.54) is 25.8 Å². The van der Waals surface area contributed by atoms with E-state index in [4.69, 9.17) is 5.11 Å². The van der Waals surface area contributed by atoms with Gasteiger partial charge >= 0.3 is 5.97 Å². The lowest BCUT2D eigenvalue weighted by atomic mass is 10.00. The number of carboxylic acid groups (broad SMARTS) is 1. The van der Waals surface area contributed by atoms with E-state index in [2.05, 4.69) is 18.5 Å². The summed E-state index contributed by atoms with van der Waals surface area (Å²) < 4.78 is 0. The van der Waals surface area contributed by atoms with Gasteiger partial charge in [0.1, 0.15) is 0 Å². The lowest BCUT2D eigenvalue weighted by molar-refractivity contribution is -0.138. The van der Waals surface area contributed by atoms with Crippen molar-refractivity contribution in [2.45, 2.75) is 31.7 Å². The second kappa shape index (κ2) is 7.45. The van der Waals surface area contributed by atoms with Crippen LogP contribution < -0.4 is 0 Å². The zero-order chi connectivity index (χ0) is 12.7. The second-order valence-electron chi connectivity index (χ2n) is 4.84. The fourth-order valence-electron chi connectivity index (χ4n) is 2.45. The van der Waals surface area contributed by atoms with E-state index in [0.717, 1.165) is 13.0 Å². The van der Waals surface area contributed by atoms with Crippen molar-refractivity contribution in [3.8, 4) is 0 Å². The molecule has 1 fully saturated rings. The molecule has 0 saturated carbocycles. The first-order valence-electron chi connectivity index (χ1n) is 6.38. The van der Waals surface area contributed by atoms with Gasteiger partial charge in [0, 0.05) is 19.1 Å². The highest BCUT2D eigenvalue weighted by molar-refractivity contribution is 5.69. The molecule has 1 heterocycles. The lowest BCUT2D eigenvalue weighted by Gasteiger charge is -2.33. The highest BCUT2D eigenvalue weighted by atomic mass is 16.4. The zero-order valence-corrected chi connectivity index (χ0v) is 10.8. The van der Waals surface area contributed by atoms with Gasteiger partial charge in [-0.3, -0.25) is 9.69 Å². The molecule has 1 unspecified atom stereocenters. The molecule has 1 aliphatic heterocycles. The van der Waals surface area contributed by atoms with Crippen molar-refractivity contribution in [3.05, 3.63) is 12.7 Å². The van der Waals surface area contributed by atoms with Crippen molar-refractivity contribution >= 4 is 5.97 Å². The molecular formula is C13H24N2O2. The third-order valence-corrected chi connectivity index (χ3v) is 3.45. The van der Waals surface area contributed by atoms with Crippen LogP contribution in [0.15, 0.2) is 12.7 Å². The van der Waals surface area contributed by atoms with Gasteiger partial charge in [-0.15, -0.1) is 6.58 Å². The van der Waals surface area contributed by atoms with Crippen LogP contribution in [-0.2, 0) is 4.79 Å². The number of aliphatic carboxylic acids is 1. The molecule has 1 saturated heterocycles. The molecule has 0 spiro atoms. The van der Waals surface area contributed by atoms with Crippen LogP contribution in [0.2, 0.25) is 0 Å². The molecule has 0 radical (unpaired) electrons. The van der Waals surface area contributed by atoms with Gasteiger partial charge in [0.05, 0.1) is 6.54 Å². The van der Waals surface area contributed by atoms with E-state index in [1.54, 1.807) is 6.08 Å². The van der Waals surface area contributed by atoms with Crippen LogP contribution in [0, 0.1) is 0 Å². The number of hydrogen-bond acceptors (Lipinski definition) is 3.